The van der Waals surface area contributed by atoms with Crippen LogP contribution in [0.25, 0.3) is 0 Å². The first-order valence-electron chi connectivity index (χ1n) is 3.92. The summed E-state index contributed by atoms with van der Waals surface area (Å²) in [5.41, 5.74) is 12.3. The minimum absolute atomic E-state index is 0.306. The van der Waals surface area contributed by atoms with Crippen LogP contribution in [-0.4, -0.2) is 17.1 Å². The number of carboxylic acid groups (broad SMARTS) is 1. The van der Waals surface area contributed by atoms with Gasteiger partial charge in [-0.3, -0.25) is 4.79 Å². The highest BCUT2D eigenvalue weighted by Crippen LogP contribution is 2.08. The Morgan fingerprint density at radius 2 is 2.23 bits per heavy atom. The molecule has 0 aliphatic rings. The van der Waals surface area contributed by atoms with Gasteiger partial charge in [0.25, 0.3) is 0 Å². The van der Waals surface area contributed by atoms with Gasteiger partial charge in [-0.2, -0.15) is 0 Å². The van der Waals surface area contributed by atoms with Gasteiger partial charge in [-0.1, -0.05) is 12.1 Å². The SMILES string of the molecule is Nc1cccc(C[C@H](N)C(=O)O)c1. The third kappa shape index (κ3) is 2.76. The fourth-order valence-electron chi connectivity index (χ4n) is 1.06. The molecule has 0 saturated heterocycles. The van der Waals surface area contributed by atoms with Crippen LogP contribution in [0.3, 0.4) is 0 Å². The normalized spacial score (nSPS) is 12.4. The maximum Gasteiger partial charge on any atom is 0.320 e. The Labute approximate surface area is 76.2 Å². The van der Waals surface area contributed by atoms with Crippen LogP contribution in [0.5, 0.6) is 0 Å². The summed E-state index contributed by atoms with van der Waals surface area (Å²) in [6.07, 6.45) is 0.306. The molecule has 0 amide bonds. The summed E-state index contributed by atoms with van der Waals surface area (Å²) in [7, 11) is 0. The Bertz CT molecular complexity index is 312. The average Bonchev–Trinajstić information content (AvgIpc) is 2.04. The molecule has 0 saturated carbocycles. The number of nitrogen functional groups attached to an aromatic ring is 1. The number of aliphatic carboxylic acids is 1. The summed E-state index contributed by atoms with van der Waals surface area (Å²) in [6.45, 7) is 0. The summed E-state index contributed by atoms with van der Waals surface area (Å²) >= 11 is 0. The van der Waals surface area contributed by atoms with Crippen LogP contribution in [0.2, 0.25) is 0 Å². The Kier molecular flexibility index (Phi) is 2.87. The van der Waals surface area contributed by atoms with E-state index in [1.54, 1.807) is 24.3 Å². The van der Waals surface area contributed by atoms with E-state index in [1.807, 2.05) is 0 Å². The summed E-state index contributed by atoms with van der Waals surface area (Å²) in [6, 6.07) is 6.19. The first kappa shape index (κ1) is 9.54. The molecule has 0 aliphatic carbocycles. The predicted octanol–water partition coefficient (Wildman–Crippen LogP) is 0.223. The van der Waals surface area contributed by atoms with E-state index in [0.29, 0.717) is 12.1 Å². The second-order valence-electron chi connectivity index (χ2n) is 2.89. The number of nitrogens with two attached hydrogens (primary N) is 2. The number of benzene rings is 1. The molecule has 0 spiro atoms. The first-order valence-corrected chi connectivity index (χ1v) is 3.92. The van der Waals surface area contributed by atoms with Crippen LogP contribution in [-0.2, 0) is 11.2 Å². The van der Waals surface area contributed by atoms with Gasteiger partial charge >= 0.3 is 5.97 Å². The number of anilines is 1. The van der Waals surface area contributed by atoms with E-state index in [2.05, 4.69) is 0 Å². The Balaban J connectivity index is 2.69. The molecule has 0 radical (unpaired) electrons. The zero-order valence-corrected chi connectivity index (χ0v) is 7.10. The Morgan fingerprint density at radius 1 is 1.54 bits per heavy atom. The van der Waals surface area contributed by atoms with Crippen LogP contribution in [0.4, 0.5) is 5.69 Å². The van der Waals surface area contributed by atoms with Crippen molar-refractivity contribution < 1.29 is 9.90 Å². The van der Waals surface area contributed by atoms with Gasteiger partial charge in [0.05, 0.1) is 0 Å². The quantitative estimate of drug-likeness (QED) is 0.580. The lowest BCUT2D eigenvalue weighted by Crippen LogP contribution is -2.32. The lowest BCUT2D eigenvalue weighted by atomic mass is 10.1. The van der Waals surface area contributed by atoms with E-state index in [1.165, 1.54) is 0 Å². The summed E-state index contributed by atoms with van der Waals surface area (Å²) in [5, 5.41) is 8.56. The van der Waals surface area contributed by atoms with Gasteiger partial charge in [0.2, 0.25) is 0 Å². The van der Waals surface area contributed by atoms with Crippen molar-refractivity contribution in [1.82, 2.24) is 0 Å². The van der Waals surface area contributed by atoms with Gasteiger partial charge < -0.3 is 16.6 Å². The topological polar surface area (TPSA) is 89.3 Å². The summed E-state index contributed by atoms with van der Waals surface area (Å²) in [5.74, 6) is -0.998. The van der Waals surface area contributed by atoms with Crippen molar-refractivity contribution in [2.45, 2.75) is 12.5 Å². The monoisotopic (exact) mass is 180 g/mol. The van der Waals surface area contributed by atoms with Gasteiger partial charge in [-0.05, 0) is 24.1 Å². The molecule has 1 aromatic rings. The van der Waals surface area contributed by atoms with Crippen molar-refractivity contribution in [3.05, 3.63) is 29.8 Å². The standard InChI is InChI=1S/C9H12N2O2/c10-7-3-1-2-6(4-7)5-8(11)9(12)13/h1-4,8H,5,10-11H2,(H,12,13)/t8-/m0/s1. The van der Waals surface area contributed by atoms with E-state index in [0.717, 1.165) is 5.56 Å². The molecule has 0 unspecified atom stereocenters. The van der Waals surface area contributed by atoms with E-state index >= 15 is 0 Å². The largest absolute Gasteiger partial charge is 0.480 e. The molecule has 70 valence electrons. The van der Waals surface area contributed by atoms with Gasteiger partial charge in [0.15, 0.2) is 0 Å². The highest BCUT2D eigenvalue weighted by atomic mass is 16.4. The Hall–Kier alpha value is -1.55. The van der Waals surface area contributed by atoms with Crippen LogP contribution in [0, 0.1) is 0 Å². The third-order valence-electron chi connectivity index (χ3n) is 1.72. The second kappa shape index (κ2) is 3.91. The lowest BCUT2D eigenvalue weighted by molar-refractivity contribution is -0.138. The van der Waals surface area contributed by atoms with Crippen LogP contribution >= 0.6 is 0 Å². The molecule has 5 N–H and O–H groups in total. The number of hydrogen-bond donors (Lipinski definition) is 3. The van der Waals surface area contributed by atoms with Gasteiger partial charge in [-0.25, -0.2) is 0 Å². The van der Waals surface area contributed by atoms with E-state index in [9.17, 15) is 4.79 Å². The van der Waals surface area contributed by atoms with Crippen LogP contribution < -0.4 is 11.5 Å². The smallest absolute Gasteiger partial charge is 0.320 e. The molecule has 0 aliphatic heterocycles. The van der Waals surface area contributed by atoms with Crippen molar-refractivity contribution in [3.63, 3.8) is 0 Å². The molecule has 13 heavy (non-hydrogen) atoms. The van der Waals surface area contributed by atoms with Crippen molar-refractivity contribution in [2.24, 2.45) is 5.73 Å². The van der Waals surface area contributed by atoms with Crippen molar-refractivity contribution in [1.29, 1.82) is 0 Å². The number of rotatable bonds is 3. The third-order valence-corrected chi connectivity index (χ3v) is 1.72. The highest BCUT2D eigenvalue weighted by molar-refractivity contribution is 5.73. The van der Waals surface area contributed by atoms with Crippen LogP contribution in [0.1, 0.15) is 5.56 Å². The molecule has 0 heterocycles. The van der Waals surface area contributed by atoms with Crippen molar-refractivity contribution in [2.75, 3.05) is 5.73 Å². The maximum absolute atomic E-state index is 10.4. The fraction of sp³-hybridized carbons (Fsp3) is 0.222. The van der Waals surface area contributed by atoms with E-state index in [4.69, 9.17) is 16.6 Å². The maximum atomic E-state index is 10.4. The molecule has 0 bridgehead atoms. The molecule has 0 fully saturated rings. The molecule has 4 nitrogen and oxygen atoms in total. The minimum atomic E-state index is -0.998. The number of carboxylic acids is 1. The van der Waals surface area contributed by atoms with Gasteiger partial charge in [0, 0.05) is 5.69 Å². The van der Waals surface area contributed by atoms with Crippen molar-refractivity contribution >= 4 is 11.7 Å². The Morgan fingerprint density at radius 3 is 2.77 bits per heavy atom. The second-order valence-corrected chi connectivity index (χ2v) is 2.89. The molecule has 1 aromatic carbocycles. The summed E-state index contributed by atoms with van der Waals surface area (Å²) in [4.78, 5) is 10.4. The van der Waals surface area contributed by atoms with Gasteiger partial charge in [0.1, 0.15) is 6.04 Å². The summed E-state index contributed by atoms with van der Waals surface area (Å²) < 4.78 is 0. The molecular formula is C9H12N2O2. The molecule has 4 heteroatoms. The molecule has 0 aromatic heterocycles. The average molecular weight is 180 g/mol. The zero-order valence-electron chi connectivity index (χ0n) is 7.10. The van der Waals surface area contributed by atoms with Crippen LogP contribution in [0.15, 0.2) is 24.3 Å². The molecular weight excluding hydrogens is 168 g/mol. The van der Waals surface area contributed by atoms with Gasteiger partial charge in [-0.15, -0.1) is 0 Å². The highest BCUT2D eigenvalue weighted by Gasteiger charge is 2.11. The van der Waals surface area contributed by atoms with Crippen molar-refractivity contribution in [3.8, 4) is 0 Å². The molecule has 1 atom stereocenters. The zero-order chi connectivity index (χ0) is 9.84. The number of carbonyl (C=O) groups is 1. The fourth-order valence-corrected chi connectivity index (χ4v) is 1.06. The van der Waals surface area contributed by atoms with E-state index in [-0.39, 0.29) is 0 Å². The predicted molar refractivity (Wildman–Crippen MR) is 50.2 cm³/mol. The lowest BCUT2D eigenvalue weighted by Gasteiger charge is -2.06. The minimum Gasteiger partial charge on any atom is -0.480 e. The van der Waals surface area contributed by atoms with E-state index < -0.39 is 12.0 Å². The first-order chi connectivity index (χ1) is 6.09. The molecule has 1 rings (SSSR count). The number of hydrogen-bond acceptors (Lipinski definition) is 3.